The molecule has 48 valence electrons. The maximum atomic E-state index is 10.7. The SMILES string of the molecule is [B]c1cncc(C(C)=O)c1. The zero-order valence-corrected chi connectivity index (χ0v) is 5.66. The Kier molecular flexibility index (Phi) is 1.85. The summed E-state index contributed by atoms with van der Waals surface area (Å²) in [6, 6.07) is 1.61. The number of ketones is 1. The number of hydrogen-bond donors (Lipinski definition) is 0. The molecule has 0 aromatic carbocycles. The summed E-state index contributed by atoms with van der Waals surface area (Å²) < 4.78 is 0. The average molecular weight is 131 g/mol. The number of pyridine rings is 1. The second-order valence-electron chi connectivity index (χ2n) is 2.06. The molecule has 1 rings (SSSR count). The minimum absolute atomic E-state index is 0.0141. The van der Waals surface area contributed by atoms with Gasteiger partial charge >= 0.3 is 0 Å². The fraction of sp³-hybridized carbons (Fsp3) is 0.143. The van der Waals surface area contributed by atoms with Gasteiger partial charge in [0.15, 0.2) is 5.78 Å². The summed E-state index contributed by atoms with van der Waals surface area (Å²) in [5.74, 6) is -0.0141. The van der Waals surface area contributed by atoms with Crippen molar-refractivity contribution in [3.63, 3.8) is 0 Å². The molecule has 3 heteroatoms. The first-order valence-corrected chi connectivity index (χ1v) is 2.91. The van der Waals surface area contributed by atoms with Crippen molar-refractivity contribution >= 4 is 19.1 Å². The molecule has 0 unspecified atom stereocenters. The first-order chi connectivity index (χ1) is 4.70. The number of aromatic nitrogens is 1. The lowest BCUT2D eigenvalue weighted by Crippen LogP contribution is -2.06. The summed E-state index contributed by atoms with van der Waals surface area (Å²) >= 11 is 0. The average Bonchev–Trinajstić information content (AvgIpc) is 1.88. The van der Waals surface area contributed by atoms with Crippen molar-refractivity contribution in [1.82, 2.24) is 4.98 Å². The molecule has 0 N–H and O–H groups in total. The number of hydrogen-bond acceptors (Lipinski definition) is 2. The molecule has 2 radical (unpaired) electrons. The van der Waals surface area contributed by atoms with Crippen LogP contribution < -0.4 is 5.46 Å². The molecule has 0 saturated carbocycles. The Hall–Kier alpha value is -1.12. The van der Waals surface area contributed by atoms with Crippen molar-refractivity contribution in [3.05, 3.63) is 24.0 Å². The third kappa shape index (κ3) is 1.44. The Balaban J connectivity index is 3.07. The van der Waals surface area contributed by atoms with Crippen LogP contribution in [0.4, 0.5) is 0 Å². The van der Waals surface area contributed by atoms with Gasteiger partial charge in [0.05, 0.1) is 0 Å². The zero-order chi connectivity index (χ0) is 7.56. The van der Waals surface area contributed by atoms with Crippen LogP contribution in [0.3, 0.4) is 0 Å². The maximum absolute atomic E-state index is 10.7. The Morgan fingerprint density at radius 1 is 1.60 bits per heavy atom. The topological polar surface area (TPSA) is 30.0 Å². The molecule has 0 fully saturated rings. The lowest BCUT2D eigenvalue weighted by Gasteiger charge is -1.94. The third-order valence-corrected chi connectivity index (χ3v) is 1.17. The van der Waals surface area contributed by atoms with Crippen molar-refractivity contribution in [2.75, 3.05) is 0 Å². The Bertz CT molecular complexity index is 260. The van der Waals surface area contributed by atoms with Crippen molar-refractivity contribution in [2.45, 2.75) is 6.92 Å². The van der Waals surface area contributed by atoms with E-state index in [0.29, 0.717) is 11.0 Å². The highest BCUT2D eigenvalue weighted by Gasteiger charge is 1.96. The molecule has 0 amide bonds. The number of carbonyl (C=O) groups is 1. The van der Waals surface area contributed by atoms with E-state index in [0.717, 1.165) is 0 Å². The monoisotopic (exact) mass is 131 g/mol. The van der Waals surface area contributed by atoms with Gasteiger partial charge in [-0.3, -0.25) is 9.78 Å². The largest absolute Gasteiger partial charge is 0.294 e. The molecular weight excluding hydrogens is 125 g/mol. The van der Waals surface area contributed by atoms with Crippen LogP contribution in [0, 0.1) is 0 Å². The molecule has 10 heavy (non-hydrogen) atoms. The van der Waals surface area contributed by atoms with Crippen molar-refractivity contribution < 1.29 is 4.79 Å². The molecule has 1 aromatic rings. The Morgan fingerprint density at radius 3 is 2.70 bits per heavy atom. The fourth-order valence-corrected chi connectivity index (χ4v) is 0.650. The van der Waals surface area contributed by atoms with Crippen LogP contribution >= 0.6 is 0 Å². The quantitative estimate of drug-likeness (QED) is 0.399. The van der Waals surface area contributed by atoms with Gasteiger partial charge in [0.25, 0.3) is 0 Å². The second kappa shape index (κ2) is 2.65. The van der Waals surface area contributed by atoms with E-state index in [2.05, 4.69) is 4.98 Å². The van der Waals surface area contributed by atoms with Gasteiger partial charge in [-0.25, -0.2) is 0 Å². The Morgan fingerprint density at radius 2 is 2.30 bits per heavy atom. The van der Waals surface area contributed by atoms with Gasteiger partial charge in [0, 0.05) is 18.0 Å². The summed E-state index contributed by atoms with van der Waals surface area (Å²) in [6.07, 6.45) is 3.01. The molecule has 2 nitrogen and oxygen atoms in total. The maximum Gasteiger partial charge on any atom is 0.161 e. The van der Waals surface area contributed by atoms with E-state index in [1.807, 2.05) is 0 Å². The normalized spacial score (nSPS) is 9.30. The molecule has 0 bridgehead atoms. The predicted octanol–water partition coefficient (Wildman–Crippen LogP) is 0.0780. The second-order valence-corrected chi connectivity index (χ2v) is 2.06. The van der Waals surface area contributed by atoms with Gasteiger partial charge in [-0.2, -0.15) is 0 Å². The number of carbonyl (C=O) groups excluding carboxylic acids is 1. The lowest BCUT2D eigenvalue weighted by molar-refractivity contribution is 0.101. The van der Waals surface area contributed by atoms with E-state index >= 15 is 0 Å². The van der Waals surface area contributed by atoms with E-state index < -0.39 is 0 Å². The summed E-state index contributed by atoms with van der Waals surface area (Å²) in [7, 11) is 5.38. The van der Waals surface area contributed by atoms with Crippen LogP contribution in [0.5, 0.6) is 0 Å². The highest BCUT2D eigenvalue weighted by molar-refractivity contribution is 6.32. The van der Waals surface area contributed by atoms with Crippen LogP contribution in [-0.4, -0.2) is 18.6 Å². The molecule has 0 aliphatic heterocycles. The molecule has 0 aliphatic carbocycles. The highest BCUT2D eigenvalue weighted by Crippen LogP contribution is 1.92. The van der Waals surface area contributed by atoms with Crippen LogP contribution in [-0.2, 0) is 0 Å². The van der Waals surface area contributed by atoms with Gasteiger partial charge in [-0.15, -0.1) is 0 Å². The third-order valence-electron chi connectivity index (χ3n) is 1.17. The van der Waals surface area contributed by atoms with E-state index in [1.165, 1.54) is 19.3 Å². The molecule has 1 aromatic heterocycles. The molecular formula is C7H6BNO. The van der Waals surface area contributed by atoms with E-state index in [1.54, 1.807) is 6.07 Å². The molecule has 0 aliphatic rings. The summed E-state index contributed by atoms with van der Waals surface area (Å²) in [6.45, 7) is 1.48. The van der Waals surface area contributed by atoms with Crippen LogP contribution in [0.1, 0.15) is 17.3 Å². The minimum atomic E-state index is -0.0141. The van der Waals surface area contributed by atoms with Crippen molar-refractivity contribution in [3.8, 4) is 0 Å². The van der Waals surface area contributed by atoms with Crippen molar-refractivity contribution in [1.29, 1.82) is 0 Å². The molecule has 0 spiro atoms. The molecule has 1 heterocycles. The number of nitrogens with zero attached hydrogens (tertiary/aromatic N) is 1. The lowest BCUT2D eigenvalue weighted by atomic mass is 9.96. The molecule has 0 atom stereocenters. The first-order valence-electron chi connectivity index (χ1n) is 2.91. The van der Waals surface area contributed by atoms with Gasteiger partial charge in [-0.05, 0) is 6.92 Å². The van der Waals surface area contributed by atoms with Crippen LogP contribution in [0.25, 0.3) is 0 Å². The van der Waals surface area contributed by atoms with Gasteiger partial charge in [-0.1, -0.05) is 11.5 Å². The predicted molar refractivity (Wildman–Crippen MR) is 39.6 cm³/mol. The van der Waals surface area contributed by atoms with E-state index in [4.69, 9.17) is 7.85 Å². The summed E-state index contributed by atoms with van der Waals surface area (Å²) in [5, 5.41) is 0. The number of rotatable bonds is 1. The van der Waals surface area contributed by atoms with E-state index in [9.17, 15) is 4.79 Å². The summed E-state index contributed by atoms with van der Waals surface area (Å²) in [4.78, 5) is 14.5. The first kappa shape index (κ1) is 7.00. The van der Waals surface area contributed by atoms with Gasteiger partial charge < -0.3 is 0 Å². The van der Waals surface area contributed by atoms with Crippen LogP contribution in [0.15, 0.2) is 18.5 Å². The van der Waals surface area contributed by atoms with E-state index in [-0.39, 0.29) is 5.78 Å². The van der Waals surface area contributed by atoms with Crippen molar-refractivity contribution in [2.24, 2.45) is 0 Å². The minimum Gasteiger partial charge on any atom is -0.294 e. The highest BCUT2D eigenvalue weighted by atomic mass is 16.1. The van der Waals surface area contributed by atoms with Gasteiger partial charge in [0.1, 0.15) is 7.85 Å². The number of Topliss-reactive ketones (excluding diaryl/α,β-unsaturated/α-hetero) is 1. The standard InChI is InChI=1S/C7H6BNO/c1-5(10)6-2-7(8)4-9-3-6/h2-4H,1H3. The van der Waals surface area contributed by atoms with Crippen LogP contribution in [0.2, 0.25) is 0 Å². The smallest absolute Gasteiger partial charge is 0.161 e. The summed E-state index contributed by atoms with van der Waals surface area (Å²) in [5.41, 5.74) is 1.08. The molecule has 0 saturated heterocycles. The fourth-order valence-electron chi connectivity index (χ4n) is 0.650. The Labute approximate surface area is 60.7 Å². The van der Waals surface area contributed by atoms with Gasteiger partial charge in [0.2, 0.25) is 0 Å². The zero-order valence-electron chi connectivity index (χ0n) is 5.66.